The van der Waals surface area contributed by atoms with Gasteiger partial charge in [-0.1, -0.05) is 18.2 Å². The van der Waals surface area contributed by atoms with Crippen molar-refractivity contribution in [3.8, 4) is 5.75 Å². The highest BCUT2D eigenvalue weighted by molar-refractivity contribution is 7.85. The number of anilines is 1. The second-order valence-corrected chi connectivity index (χ2v) is 7.45. The van der Waals surface area contributed by atoms with Gasteiger partial charge in [-0.2, -0.15) is 8.42 Å². The highest BCUT2D eigenvalue weighted by atomic mass is 32.2. The number of phenols is 1. The maximum absolute atomic E-state index is 12.5. The minimum absolute atomic E-state index is 0.00705. The van der Waals surface area contributed by atoms with Crippen LogP contribution in [0.1, 0.15) is 15.9 Å². The van der Waals surface area contributed by atoms with Gasteiger partial charge >= 0.3 is 0 Å². The van der Waals surface area contributed by atoms with Crippen LogP contribution in [0.15, 0.2) is 53.4 Å². The summed E-state index contributed by atoms with van der Waals surface area (Å²) in [6, 6.07) is 10.3. The number of aromatic hydroxyl groups is 1. The fourth-order valence-electron chi connectivity index (χ4n) is 2.72. The molecule has 144 valence electrons. The first-order valence-electron chi connectivity index (χ1n) is 7.87. The molecule has 0 fully saturated rings. The van der Waals surface area contributed by atoms with E-state index < -0.39 is 20.9 Å². The minimum atomic E-state index is -4.41. The van der Waals surface area contributed by atoms with Crippen LogP contribution in [0, 0.1) is 17.0 Å². The third-order valence-corrected chi connectivity index (χ3v) is 5.02. The third kappa shape index (κ3) is 3.63. The van der Waals surface area contributed by atoms with Crippen LogP contribution in [-0.4, -0.2) is 28.9 Å². The summed E-state index contributed by atoms with van der Waals surface area (Å²) in [6.07, 6.45) is 0. The van der Waals surface area contributed by atoms with Crippen molar-refractivity contribution in [2.45, 2.75) is 11.8 Å². The van der Waals surface area contributed by atoms with Gasteiger partial charge in [0.15, 0.2) is 0 Å². The topological polar surface area (TPSA) is 147 Å². The molecule has 10 heteroatoms. The average Bonchev–Trinajstić information content (AvgIpc) is 2.62. The van der Waals surface area contributed by atoms with Crippen molar-refractivity contribution in [1.29, 1.82) is 0 Å². The molecule has 1 amide bonds. The molecule has 0 aliphatic rings. The number of carbonyl (C=O) groups is 1. The van der Waals surface area contributed by atoms with Crippen molar-refractivity contribution in [3.05, 3.63) is 69.8 Å². The first kappa shape index (κ1) is 19.3. The number of nitrogens with one attached hydrogen (secondary N) is 1. The van der Waals surface area contributed by atoms with E-state index >= 15 is 0 Å². The van der Waals surface area contributed by atoms with E-state index in [9.17, 15) is 28.4 Å². The largest absolute Gasteiger partial charge is 0.506 e. The lowest BCUT2D eigenvalue weighted by molar-refractivity contribution is -0.385. The van der Waals surface area contributed by atoms with E-state index in [4.69, 9.17) is 4.55 Å². The lowest BCUT2D eigenvalue weighted by Gasteiger charge is -2.12. The van der Waals surface area contributed by atoms with Crippen LogP contribution in [0.2, 0.25) is 0 Å². The molecule has 0 saturated heterocycles. The number of amides is 1. The van der Waals surface area contributed by atoms with Crippen molar-refractivity contribution in [2.24, 2.45) is 0 Å². The van der Waals surface area contributed by atoms with Crippen molar-refractivity contribution in [2.75, 3.05) is 5.32 Å². The number of rotatable bonds is 4. The predicted molar refractivity (Wildman–Crippen MR) is 101 cm³/mol. The Morgan fingerprint density at radius 1 is 1.11 bits per heavy atom. The number of aryl methyl sites for hydroxylation is 1. The standard InChI is InChI=1S/C18H14N2O7S/c1-10-2-3-12(9-15(10)20(23)24)18(22)19-17-14-6-5-13(28(25,26)27)8-11(14)4-7-16(17)21/h2-9,21H,1H3,(H,19,22)(H,25,26,27). The van der Waals surface area contributed by atoms with E-state index in [1.807, 2.05) is 0 Å². The van der Waals surface area contributed by atoms with Gasteiger partial charge in [0.05, 0.1) is 15.5 Å². The van der Waals surface area contributed by atoms with Crippen LogP contribution in [0.5, 0.6) is 5.75 Å². The molecule has 9 nitrogen and oxygen atoms in total. The molecule has 0 radical (unpaired) electrons. The van der Waals surface area contributed by atoms with E-state index in [-0.39, 0.29) is 27.6 Å². The summed E-state index contributed by atoms with van der Waals surface area (Å²) in [5, 5.41) is 24.3. The van der Waals surface area contributed by atoms with Gasteiger partial charge in [0.1, 0.15) is 5.75 Å². The molecule has 0 bridgehead atoms. The molecular weight excluding hydrogens is 388 g/mol. The highest BCUT2D eigenvalue weighted by Crippen LogP contribution is 2.34. The average molecular weight is 402 g/mol. The molecule has 0 aliphatic heterocycles. The first-order chi connectivity index (χ1) is 13.1. The molecule has 3 N–H and O–H groups in total. The van der Waals surface area contributed by atoms with Crippen molar-refractivity contribution in [1.82, 2.24) is 0 Å². The Labute approximate surface area is 159 Å². The van der Waals surface area contributed by atoms with Crippen LogP contribution < -0.4 is 5.32 Å². The highest BCUT2D eigenvalue weighted by Gasteiger charge is 2.18. The Morgan fingerprint density at radius 2 is 1.82 bits per heavy atom. The van der Waals surface area contributed by atoms with E-state index in [0.29, 0.717) is 16.3 Å². The van der Waals surface area contributed by atoms with Crippen molar-refractivity contribution in [3.63, 3.8) is 0 Å². The van der Waals surface area contributed by atoms with Gasteiger partial charge in [-0.05, 0) is 36.6 Å². The molecule has 0 atom stereocenters. The number of phenolic OH excluding ortho intramolecular Hbond substituents is 1. The van der Waals surface area contributed by atoms with Gasteiger partial charge in [-0.3, -0.25) is 19.5 Å². The molecule has 0 unspecified atom stereocenters. The number of fused-ring (bicyclic) bond motifs is 1. The molecular formula is C18H14N2O7S. The molecule has 0 aliphatic carbocycles. The summed E-state index contributed by atoms with van der Waals surface area (Å²) in [5.41, 5.74) is 0.204. The second kappa shape index (κ2) is 6.91. The zero-order valence-corrected chi connectivity index (χ0v) is 15.2. The smallest absolute Gasteiger partial charge is 0.294 e. The van der Waals surface area contributed by atoms with Crippen LogP contribution in [0.3, 0.4) is 0 Å². The van der Waals surface area contributed by atoms with E-state index in [1.165, 1.54) is 36.4 Å². The van der Waals surface area contributed by atoms with E-state index in [1.54, 1.807) is 6.92 Å². The van der Waals surface area contributed by atoms with Crippen molar-refractivity contribution >= 4 is 38.2 Å². The Bertz CT molecular complexity index is 1240. The SMILES string of the molecule is Cc1ccc(C(=O)Nc2c(O)ccc3cc(S(=O)(=O)O)ccc23)cc1[N+](=O)[O-]. The molecule has 0 saturated carbocycles. The van der Waals surface area contributed by atoms with Crippen LogP contribution >= 0.6 is 0 Å². The third-order valence-electron chi connectivity index (χ3n) is 4.17. The Hall–Kier alpha value is -3.50. The van der Waals surface area contributed by atoms with Gasteiger partial charge in [0, 0.05) is 22.6 Å². The van der Waals surface area contributed by atoms with Gasteiger partial charge in [0.2, 0.25) is 0 Å². The summed E-state index contributed by atoms with van der Waals surface area (Å²) in [6.45, 7) is 1.54. The summed E-state index contributed by atoms with van der Waals surface area (Å²) in [5.74, 6) is -0.966. The molecule has 3 aromatic carbocycles. The lowest BCUT2D eigenvalue weighted by Crippen LogP contribution is -2.13. The fraction of sp³-hybridized carbons (Fsp3) is 0.0556. The zero-order chi connectivity index (χ0) is 20.6. The quantitative estimate of drug-likeness (QED) is 0.263. The summed E-state index contributed by atoms with van der Waals surface area (Å²) >= 11 is 0. The zero-order valence-electron chi connectivity index (χ0n) is 14.4. The fourth-order valence-corrected chi connectivity index (χ4v) is 3.24. The lowest BCUT2D eigenvalue weighted by atomic mass is 10.1. The Kier molecular flexibility index (Phi) is 4.75. The van der Waals surface area contributed by atoms with Gasteiger partial charge < -0.3 is 10.4 Å². The van der Waals surface area contributed by atoms with Crippen molar-refractivity contribution < 1.29 is 27.8 Å². The van der Waals surface area contributed by atoms with Crippen LogP contribution in [0.4, 0.5) is 11.4 Å². The number of hydrogen-bond acceptors (Lipinski definition) is 6. The number of nitro benzene ring substituents is 1. The summed E-state index contributed by atoms with van der Waals surface area (Å²) in [7, 11) is -4.41. The normalized spacial score (nSPS) is 11.4. The maximum atomic E-state index is 12.5. The second-order valence-electron chi connectivity index (χ2n) is 6.03. The molecule has 0 heterocycles. The predicted octanol–water partition coefficient (Wildman–Crippen LogP) is 3.26. The van der Waals surface area contributed by atoms with Gasteiger partial charge in [-0.25, -0.2) is 0 Å². The molecule has 3 rings (SSSR count). The summed E-state index contributed by atoms with van der Waals surface area (Å²) < 4.78 is 31.7. The van der Waals surface area contributed by atoms with E-state index in [0.717, 1.165) is 12.1 Å². The monoisotopic (exact) mass is 402 g/mol. The number of hydrogen-bond donors (Lipinski definition) is 3. The first-order valence-corrected chi connectivity index (χ1v) is 9.31. The van der Waals surface area contributed by atoms with E-state index in [2.05, 4.69) is 5.32 Å². The van der Waals surface area contributed by atoms with Gasteiger partial charge in [-0.15, -0.1) is 0 Å². The molecule has 3 aromatic rings. The number of nitrogens with zero attached hydrogens (tertiary/aromatic N) is 1. The Morgan fingerprint density at radius 3 is 2.46 bits per heavy atom. The van der Waals surface area contributed by atoms with Gasteiger partial charge in [0.25, 0.3) is 21.7 Å². The molecule has 28 heavy (non-hydrogen) atoms. The summed E-state index contributed by atoms with van der Waals surface area (Å²) in [4.78, 5) is 22.7. The molecule has 0 aromatic heterocycles. The number of benzene rings is 3. The number of carbonyl (C=O) groups excluding carboxylic acids is 1. The van der Waals surface area contributed by atoms with Crippen LogP contribution in [-0.2, 0) is 10.1 Å². The molecule has 0 spiro atoms. The Balaban J connectivity index is 2.04. The van der Waals surface area contributed by atoms with Crippen LogP contribution in [0.25, 0.3) is 10.8 Å². The number of nitro groups is 1. The maximum Gasteiger partial charge on any atom is 0.294 e. The minimum Gasteiger partial charge on any atom is -0.506 e.